The second kappa shape index (κ2) is 6.95. The van der Waals surface area contributed by atoms with Crippen LogP contribution in [0.5, 0.6) is 0 Å². The van der Waals surface area contributed by atoms with Gasteiger partial charge in [0.2, 0.25) is 5.91 Å². The Morgan fingerprint density at radius 1 is 1.50 bits per heavy atom. The molecule has 1 aromatic heterocycles. The number of amides is 1. The summed E-state index contributed by atoms with van der Waals surface area (Å²) in [6.45, 7) is 2.00. The van der Waals surface area contributed by atoms with Crippen molar-refractivity contribution in [2.24, 2.45) is 22.8 Å². The van der Waals surface area contributed by atoms with Crippen LogP contribution in [0.2, 0.25) is 0 Å². The molecule has 3 unspecified atom stereocenters. The summed E-state index contributed by atoms with van der Waals surface area (Å²) in [6, 6.07) is 0. The van der Waals surface area contributed by atoms with Crippen molar-refractivity contribution in [2.75, 3.05) is 0 Å². The number of carbonyl (C=O) groups is 2. The van der Waals surface area contributed by atoms with Gasteiger partial charge in [-0.15, -0.1) is 5.10 Å². The molecule has 1 heterocycles. The normalized spacial score (nSPS) is 24.4. The molecule has 122 valence electrons. The fourth-order valence-corrected chi connectivity index (χ4v) is 3.61. The molecule has 3 atom stereocenters. The van der Waals surface area contributed by atoms with Gasteiger partial charge in [-0.05, 0) is 48.4 Å². The molecule has 0 saturated heterocycles. The van der Waals surface area contributed by atoms with Crippen LogP contribution in [0.4, 0.5) is 0 Å². The second-order valence-electron chi connectivity index (χ2n) is 6.01. The number of rotatable bonds is 8. The molecule has 0 bridgehead atoms. The molecule has 0 radical (unpaired) electrons. The van der Waals surface area contributed by atoms with E-state index < -0.39 is 11.3 Å². The Hall–Kier alpha value is -1.83. The number of nitrogens with two attached hydrogens (primary N) is 2. The third-order valence-electron chi connectivity index (χ3n) is 4.86. The first-order valence-electron chi connectivity index (χ1n) is 7.83. The number of hydrogen-bond donors (Lipinski definition) is 2. The molecule has 4 N–H and O–H groups in total. The van der Waals surface area contributed by atoms with Crippen LogP contribution in [-0.4, -0.2) is 31.9 Å². The molecule has 2 rings (SSSR count). The summed E-state index contributed by atoms with van der Waals surface area (Å²) < 4.78 is 1.51. The quantitative estimate of drug-likeness (QED) is 0.674. The van der Waals surface area contributed by atoms with Gasteiger partial charge in [0, 0.05) is 6.42 Å². The zero-order chi connectivity index (χ0) is 16.2. The lowest BCUT2D eigenvalue weighted by Gasteiger charge is -2.33. The predicted octanol–water partition coefficient (Wildman–Crippen LogP) is 0.552. The highest BCUT2D eigenvalue weighted by Gasteiger charge is 2.51. The van der Waals surface area contributed by atoms with E-state index >= 15 is 0 Å². The first-order chi connectivity index (χ1) is 10.5. The highest BCUT2D eigenvalue weighted by atomic mass is 16.2. The summed E-state index contributed by atoms with van der Waals surface area (Å²) in [5.41, 5.74) is 10.6. The SMILES string of the molecule is CCC(CCCC(N)n1cnnn1)C1(C(N)=O)CCCC1=O. The summed E-state index contributed by atoms with van der Waals surface area (Å²) in [5.74, 6) is -0.468. The Morgan fingerprint density at radius 2 is 2.27 bits per heavy atom. The van der Waals surface area contributed by atoms with Crippen LogP contribution < -0.4 is 11.5 Å². The van der Waals surface area contributed by atoms with Crippen molar-refractivity contribution < 1.29 is 9.59 Å². The number of carbonyl (C=O) groups excluding carboxylic acids is 2. The number of hydrogen-bond acceptors (Lipinski definition) is 6. The molecule has 0 aliphatic heterocycles. The summed E-state index contributed by atoms with van der Waals surface area (Å²) in [7, 11) is 0. The first kappa shape index (κ1) is 16.5. The minimum absolute atomic E-state index is 0.0108. The maximum Gasteiger partial charge on any atom is 0.231 e. The number of ketones is 1. The molecule has 8 heteroatoms. The maximum absolute atomic E-state index is 12.3. The lowest BCUT2D eigenvalue weighted by Crippen LogP contribution is -2.46. The predicted molar refractivity (Wildman–Crippen MR) is 79.2 cm³/mol. The summed E-state index contributed by atoms with van der Waals surface area (Å²) in [5, 5.41) is 10.9. The zero-order valence-electron chi connectivity index (χ0n) is 12.9. The Labute approximate surface area is 129 Å². The van der Waals surface area contributed by atoms with Gasteiger partial charge < -0.3 is 11.5 Å². The number of nitrogens with zero attached hydrogens (tertiary/aromatic N) is 4. The van der Waals surface area contributed by atoms with E-state index in [2.05, 4.69) is 15.5 Å². The lowest BCUT2D eigenvalue weighted by atomic mass is 9.69. The summed E-state index contributed by atoms with van der Waals surface area (Å²) in [6.07, 6.45) is 5.97. The van der Waals surface area contributed by atoms with Gasteiger partial charge in [-0.3, -0.25) is 9.59 Å². The van der Waals surface area contributed by atoms with Crippen molar-refractivity contribution in [1.82, 2.24) is 20.2 Å². The minimum Gasteiger partial charge on any atom is -0.369 e. The Morgan fingerprint density at radius 3 is 2.77 bits per heavy atom. The molecule has 22 heavy (non-hydrogen) atoms. The van der Waals surface area contributed by atoms with E-state index in [1.54, 1.807) is 0 Å². The lowest BCUT2D eigenvalue weighted by molar-refractivity contribution is -0.142. The van der Waals surface area contributed by atoms with Crippen molar-refractivity contribution in [3.05, 3.63) is 6.33 Å². The van der Waals surface area contributed by atoms with E-state index in [0.29, 0.717) is 19.3 Å². The third-order valence-corrected chi connectivity index (χ3v) is 4.86. The van der Waals surface area contributed by atoms with Crippen LogP contribution in [0.3, 0.4) is 0 Å². The van der Waals surface area contributed by atoms with E-state index in [0.717, 1.165) is 25.7 Å². The minimum atomic E-state index is -0.965. The molecule has 1 amide bonds. The molecule has 1 fully saturated rings. The summed E-state index contributed by atoms with van der Waals surface area (Å²) in [4.78, 5) is 24.2. The van der Waals surface area contributed by atoms with E-state index in [4.69, 9.17) is 11.5 Å². The van der Waals surface area contributed by atoms with Crippen molar-refractivity contribution >= 4 is 11.7 Å². The molecule has 8 nitrogen and oxygen atoms in total. The number of primary amides is 1. The number of tetrazole rings is 1. The van der Waals surface area contributed by atoms with Gasteiger partial charge in [-0.25, -0.2) is 4.68 Å². The molecular formula is C14H24N6O2. The summed E-state index contributed by atoms with van der Waals surface area (Å²) >= 11 is 0. The number of aromatic nitrogens is 4. The highest BCUT2D eigenvalue weighted by Crippen LogP contribution is 2.45. The largest absolute Gasteiger partial charge is 0.369 e. The van der Waals surface area contributed by atoms with Crippen LogP contribution in [-0.2, 0) is 9.59 Å². The average molecular weight is 308 g/mol. The second-order valence-corrected chi connectivity index (χ2v) is 6.01. The third kappa shape index (κ3) is 3.01. The Balaban J connectivity index is 1.97. The first-order valence-corrected chi connectivity index (χ1v) is 7.83. The van der Waals surface area contributed by atoms with Crippen molar-refractivity contribution in [3.8, 4) is 0 Å². The fraction of sp³-hybridized carbons (Fsp3) is 0.786. The van der Waals surface area contributed by atoms with Crippen molar-refractivity contribution in [1.29, 1.82) is 0 Å². The average Bonchev–Trinajstić information content (AvgIpc) is 3.13. The number of Topliss-reactive ketones (excluding diaryl/α,β-unsaturated/α-hetero) is 1. The maximum atomic E-state index is 12.3. The molecule has 0 spiro atoms. The van der Waals surface area contributed by atoms with Crippen LogP contribution in [0, 0.1) is 11.3 Å². The van der Waals surface area contributed by atoms with Crippen LogP contribution in [0.15, 0.2) is 6.33 Å². The Kier molecular flexibility index (Phi) is 5.23. The van der Waals surface area contributed by atoms with E-state index in [9.17, 15) is 9.59 Å². The molecular weight excluding hydrogens is 284 g/mol. The van der Waals surface area contributed by atoms with Gasteiger partial charge in [0.15, 0.2) is 0 Å². The van der Waals surface area contributed by atoms with E-state index in [-0.39, 0.29) is 17.9 Å². The van der Waals surface area contributed by atoms with Gasteiger partial charge in [-0.1, -0.05) is 13.3 Å². The van der Waals surface area contributed by atoms with Crippen molar-refractivity contribution in [2.45, 2.75) is 58.0 Å². The zero-order valence-corrected chi connectivity index (χ0v) is 12.9. The molecule has 1 aromatic rings. The van der Waals surface area contributed by atoms with Crippen LogP contribution >= 0.6 is 0 Å². The molecule has 1 aliphatic carbocycles. The van der Waals surface area contributed by atoms with Gasteiger partial charge in [-0.2, -0.15) is 0 Å². The standard InChI is InChI=1S/C14H24N6O2/c1-2-10(14(13(16)22)8-4-6-11(14)21)5-3-7-12(15)20-9-17-18-19-20/h9-10,12H,2-8,15H2,1H3,(H2,16,22). The van der Waals surface area contributed by atoms with Gasteiger partial charge in [0.25, 0.3) is 0 Å². The molecule has 1 saturated carbocycles. The van der Waals surface area contributed by atoms with Gasteiger partial charge in [0.05, 0.1) is 0 Å². The van der Waals surface area contributed by atoms with Crippen LogP contribution in [0.25, 0.3) is 0 Å². The van der Waals surface area contributed by atoms with Gasteiger partial charge >= 0.3 is 0 Å². The van der Waals surface area contributed by atoms with Crippen molar-refractivity contribution in [3.63, 3.8) is 0 Å². The Bertz CT molecular complexity index is 517. The molecule has 1 aliphatic rings. The smallest absolute Gasteiger partial charge is 0.231 e. The topological polar surface area (TPSA) is 130 Å². The monoisotopic (exact) mass is 308 g/mol. The van der Waals surface area contributed by atoms with E-state index in [1.165, 1.54) is 11.0 Å². The van der Waals surface area contributed by atoms with Crippen LogP contribution in [0.1, 0.15) is 58.0 Å². The fourth-order valence-electron chi connectivity index (χ4n) is 3.61. The van der Waals surface area contributed by atoms with Gasteiger partial charge in [0.1, 0.15) is 23.7 Å². The highest BCUT2D eigenvalue weighted by molar-refractivity contribution is 6.07. The van der Waals surface area contributed by atoms with E-state index in [1.807, 2.05) is 6.92 Å². The molecule has 0 aromatic carbocycles.